The lowest BCUT2D eigenvalue weighted by atomic mass is 9.90. The van der Waals surface area contributed by atoms with Crippen LogP contribution in [0.5, 0.6) is 11.5 Å². The highest BCUT2D eigenvalue weighted by atomic mass is 79.9. The molecule has 2 fully saturated rings. The van der Waals surface area contributed by atoms with E-state index in [0.717, 1.165) is 4.90 Å². The van der Waals surface area contributed by atoms with E-state index >= 15 is 0 Å². The molecule has 0 aromatic heterocycles. The summed E-state index contributed by atoms with van der Waals surface area (Å²) in [5, 5.41) is 21.1. The smallest absolute Gasteiger partial charge is 0.335 e. The Kier molecular flexibility index (Phi) is 6.15. The van der Waals surface area contributed by atoms with Crippen molar-refractivity contribution in [3.05, 3.63) is 82.3 Å². The number of phenols is 1. The molecule has 0 saturated carbocycles. The molecule has 3 aromatic rings. The topological polar surface area (TPSA) is 117 Å². The number of anilines is 2. The van der Waals surface area contributed by atoms with E-state index in [4.69, 9.17) is 9.57 Å². The zero-order valence-corrected chi connectivity index (χ0v) is 20.6. The molecular formula is C26H21BrN2O7. The minimum absolute atomic E-state index is 0.0415. The first kappa shape index (κ1) is 23.8. The van der Waals surface area contributed by atoms with Crippen LogP contribution in [0.25, 0.3) is 0 Å². The monoisotopic (exact) mass is 552 g/mol. The van der Waals surface area contributed by atoms with Crippen molar-refractivity contribution >= 4 is 45.1 Å². The Hall–Kier alpha value is -3.89. The highest BCUT2D eigenvalue weighted by molar-refractivity contribution is 9.10. The number of phenolic OH excluding ortho intramolecular Hbond substituents is 1. The van der Waals surface area contributed by atoms with E-state index in [1.807, 2.05) is 30.3 Å². The van der Waals surface area contributed by atoms with Gasteiger partial charge in [-0.1, -0.05) is 18.2 Å². The van der Waals surface area contributed by atoms with E-state index in [-0.39, 0.29) is 22.7 Å². The van der Waals surface area contributed by atoms with Gasteiger partial charge in [0.1, 0.15) is 5.92 Å². The van der Waals surface area contributed by atoms with Gasteiger partial charge in [-0.25, -0.2) is 14.8 Å². The number of benzene rings is 3. The minimum Gasteiger partial charge on any atom is -0.503 e. The quantitative estimate of drug-likeness (QED) is 0.434. The number of imide groups is 1. The van der Waals surface area contributed by atoms with Crippen LogP contribution in [0.1, 0.15) is 28.9 Å². The third-order valence-electron chi connectivity index (χ3n) is 6.19. The molecule has 2 saturated heterocycles. The van der Waals surface area contributed by atoms with Crippen molar-refractivity contribution < 1.29 is 34.2 Å². The molecule has 3 aromatic carbocycles. The first-order valence-corrected chi connectivity index (χ1v) is 12.0. The first-order valence-electron chi connectivity index (χ1n) is 11.2. The molecule has 0 radical (unpaired) electrons. The van der Waals surface area contributed by atoms with E-state index in [1.54, 1.807) is 24.1 Å². The third kappa shape index (κ3) is 3.88. The van der Waals surface area contributed by atoms with Gasteiger partial charge < -0.3 is 14.9 Å². The van der Waals surface area contributed by atoms with Crippen molar-refractivity contribution in [3.63, 3.8) is 0 Å². The van der Waals surface area contributed by atoms with Gasteiger partial charge in [0.25, 0.3) is 5.91 Å². The van der Waals surface area contributed by atoms with Crippen LogP contribution in [0.3, 0.4) is 0 Å². The highest BCUT2D eigenvalue weighted by Gasteiger charge is 2.60. The maximum atomic E-state index is 13.7. The number of carboxylic acid groups (broad SMARTS) is 1. The molecule has 184 valence electrons. The number of hydroxylamine groups is 1. The number of aromatic hydroxyl groups is 1. The summed E-state index contributed by atoms with van der Waals surface area (Å²) in [5.41, 5.74) is 1.56. The van der Waals surface area contributed by atoms with Crippen molar-refractivity contribution in [1.29, 1.82) is 0 Å². The Morgan fingerprint density at radius 1 is 1.03 bits per heavy atom. The van der Waals surface area contributed by atoms with Crippen molar-refractivity contribution in [3.8, 4) is 11.5 Å². The van der Waals surface area contributed by atoms with Crippen LogP contribution in [0, 0.1) is 5.92 Å². The molecule has 2 heterocycles. The van der Waals surface area contributed by atoms with Gasteiger partial charge in [-0.05, 0) is 76.9 Å². The summed E-state index contributed by atoms with van der Waals surface area (Å²) in [6.45, 7) is 2.11. The maximum Gasteiger partial charge on any atom is 0.335 e. The summed E-state index contributed by atoms with van der Waals surface area (Å²) in [5.74, 6) is -2.87. The average molecular weight is 553 g/mol. The number of aromatic carboxylic acids is 1. The number of carbonyl (C=O) groups excluding carboxylic acids is 2. The number of hydrogen-bond acceptors (Lipinski definition) is 7. The van der Waals surface area contributed by atoms with Crippen molar-refractivity contribution in [2.24, 2.45) is 5.92 Å². The molecule has 0 bridgehead atoms. The molecule has 0 aliphatic carbocycles. The molecule has 10 heteroatoms. The third-order valence-corrected chi connectivity index (χ3v) is 6.80. The molecule has 2 aliphatic rings. The summed E-state index contributed by atoms with van der Waals surface area (Å²) in [4.78, 5) is 45.5. The van der Waals surface area contributed by atoms with Gasteiger partial charge in [-0.15, -0.1) is 0 Å². The van der Waals surface area contributed by atoms with Gasteiger partial charge in [0.2, 0.25) is 5.91 Å². The Bertz CT molecular complexity index is 1350. The second kappa shape index (κ2) is 9.29. The zero-order valence-electron chi connectivity index (χ0n) is 19.0. The van der Waals surface area contributed by atoms with Crippen LogP contribution in [0.15, 0.2) is 71.2 Å². The van der Waals surface area contributed by atoms with Gasteiger partial charge in [0.15, 0.2) is 17.6 Å². The SMILES string of the molecule is CCOc1cc([C@@H]2[C@H]3C(=O)N(c4ccc(C(=O)O)cc4)C(=O)[C@H]3ON2c2ccccc2)cc(Br)c1O. The van der Waals surface area contributed by atoms with Crippen molar-refractivity contribution in [1.82, 2.24) is 0 Å². The Labute approximate surface area is 214 Å². The van der Waals surface area contributed by atoms with E-state index in [9.17, 15) is 24.6 Å². The number of carbonyl (C=O) groups is 3. The van der Waals surface area contributed by atoms with Crippen LogP contribution in [0.2, 0.25) is 0 Å². The predicted molar refractivity (Wildman–Crippen MR) is 133 cm³/mol. The highest BCUT2D eigenvalue weighted by Crippen LogP contribution is 2.49. The average Bonchev–Trinajstić information content (AvgIpc) is 3.38. The summed E-state index contributed by atoms with van der Waals surface area (Å²) in [6.07, 6.45) is -1.09. The summed E-state index contributed by atoms with van der Waals surface area (Å²) < 4.78 is 5.96. The van der Waals surface area contributed by atoms with E-state index in [0.29, 0.717) is 22.3 Å². The molecule has 2 aliphatic heterocycles. The predicted octanol–water partition coefficient (Wildman–Crippen LogP) is 4.30. The zero-order chi connectivity index (χ0) is 25.6. The molecule has 2 amide bonds. The lowest BCUT2D eigenvalue weighted by molar-refractivity contribution is -0.126. The molecule has 5 rings (SSSR count). The van der Waals surface area contributed by atoms with Crippen LogP contribution >= 0.6 is 15.9 Å². The summed E-state index contributed by atoms with van der Waals surface area (Å²) in [7, 11) is 0. The second-order valence-corrected chi connectivity index (χ2v) is 9.16. The second-order valence-electron chi connectivity index (χ2n) is 8.30. The number of hydrogen-bond donors (Lipinski definition) is 2. The minimum atomic E-state index is -1.11. The standard InChI is InChI=1S/C26H21BrN2O7/c1-2-35-19-13-15(12-18(27)22(19)30)21-20-23(36-29(21)17-6-4-3-5-7-17)25(32)28(24(20)31)16-10-8-14(9-11-16)26(33)34/h3-13,20-21,23,30H,2H2,1H3,(H,33,34)/t20-,21-,23+/m1/s1. The van der Waals surface area contributed by atoms with Gasteiger partial charge in [-0.3, -0.25) is 14.4 Å². The van der Waals surface area contributed by atoms with Crippen LogP contribution in [-0.4, -0.2) is 40.7 Å². The summed E-state index contributed by atoms with van der Waals surface area (Å²) in [6, 6.07) is 17.2. The molecular weight excluding hydrogens is 532 g/mol. The van der Waals surface area contributed by atoms with Gasteiger partial charge in [0.05, 0.1) is 34.1 Å². The number of carboxylic acids is 1. The molecule has 36 heavy (non-hydrogen) atoms. The number of fused-ring (bicyclic) bond motifs is 1. The number of ether oxygens (including phenoxy) is 1. The largest absolute Gasteiger partial charge is 0.503 e. The van der Waals surface area contributed by atoms with Gasteiger partial charge in [-0.2, -0.15) is 0 Å². The van der Waals surface area contributed by atoms with Crippen molar-refractivity contribution in [2.45, 2.75) is 19.1 Å². The number of halogens is 1. The number of rotatable bonds is 6. The molecule has 2 N–H and O–H groups in total. The normalized spacial score (nSPS) is 21.1. The molecule has 9 nitrogen and oxygen atoms in total. The van der Waals surface area contributed by atoms with Crippen molar-refractivity contribution in [2.75, 3.05) is 16.6 Å². The van der Waals surface area contributed by atoms with Crippen LogP contribution in [0.4, 0.5) is 11.4 Å². The molecule has 0 spiro atoms. The number of para-hydroxylation sites is 1. The molecule has 0 unspecified atom stereocenters. The van der Waals surface area contributed by atoms with Gasteiger partial charge in [0, 0.05) is 0 Å². The fraction of sp³-hybridized carbons (Fsp3) is 0.192. The van der Waals surface area contributed by atoms with E-state index < -0.39 is 35.8 Å². The molecule has 3 atom stereocenters. The first-order chi connectivity index (χ1) is 17.3. The Balaban J connectivity index is 1.59. The maximum absolute atomic E-state index is 13.7. The Morgan fingerprint density at radius 3 is 2.36 bits per heavy atom. The lowest BCUT2D eigenvalue weighted by Crippen LogP contribution is -2.37. The van der Waals surface area contributed by atoms with E-state index in [1.165, 1.54) is 24.3 Å². The number of amides is 2. The van der Waals surface area contributed by atoms with Gasteiger partial charge >= 0.3 is 5.97 Å². The van der Waals surface area contributed by atoms with E-state index in [2.05, 4.69) is 15.9 Å². The lowest BCUT2D eigenvalue weighted by Gasteiger charge is -2.29. The Morgan fingerprint density at radius 2 is 1.72 bits per heavy atom. The summed E-state index contributed by atoms with van der Waals surface area (Å²) >= 11 is 3.36. The van der Waals surface area contributed by atoms with Crippen LogP contribution < -0.4 is 14.7 Å². The van der Waals surface area contributed by atoms with Crippen LogP contribution in [-0.2, 0) is 14.4 Å². The fourth-order valence-electron chi connectivity index (χ4n) is 4.59. The number of nitrogens with zero attached hydrogens (tertiary/aromatic N) is 2. The fourth-order valence-corrected chi connectivity index (χ4v) is 5.05.